The van der Waals surface area contributed by atoms with Crippen LogP contribution in [0.2, 0.25) is 0 Å². The van der Waals surface area contributed by atoms with Crippen LogP contribution in [0.15, 0.2) is 30.3 Å². The molecule has 0 bridgehead atoms. The summed E-state index contributed by atoms with van der Waals surface area (Å²) < 4.78 is 22.6. The predicted octanol–water partition coefficient (Wildman–Crippen LogP) is 0.130. The van der Waals surface area contributed by atoms with Crippen molar-refractivity contribution in [2.45, 2.75) is 36.9 Å². The molecule has 6 atom stereocenters. The van der Waals surface area contributed by atoms with E-state index in [1.165, 1.54) is 14.2 Å². The SMILES string of the molecule is CNC(=O)NC1C(O)C(OC)OC2COC(c3ccccc3)OC21. The number of nitrogens with one attached hydrogen (secondary N) is 2. The van der Waals surface area contributed by atoms with E-state index in [0.717, 1.165) is 5.56 Å². The van der Waals surface area contributed by atoms with E-state index in [9.17, 15) is 9.90 Å². The molecule has 132 valence electrons. The van der Waals surface area contributed by atoms with Crippen molar-refractivity contribution in [3.8, 4) is 0 Å². The van der Waals surface area contributed by atoms with Gasteiger partial charge in [0.25, 0.3) is 0 Å². The van der Waals surface area contributed by atoms with Gasteiger partial charge in [0.2, 0.25) is 0 Å². The van der Waals surface area contributed by atoms with Gasteiger partial charge in [-0.3, -0.25) is 0 Å². The number of urea groups is 1. The maximum Gasteiger partial charge on any atom is 0.314 e. The first-order chi connectivity index (χ1) is 11.6. The maximum atomic E-state index is 11.7. The number of aliphatic hydroxyl groups excluding tert-OH is 1. The Balaban J connectivity index is 1.80. The summed E-state index contributed by atoms with van der Waals surface area (Å²) in [6.07, 6.45) is -3.54. The molecule has 3 N–H and O–H groups in total. The van der Waals surface area contributed by atoms with Gasteiger partial charge in [-0.25, -0.2) is 4.79 Å². The van der Waals surface area contributed by atoms with Gasteiger partial charge in [-0.1, -0.05) is 30.3 Å². The zero-order valence-corrected chi connectivity index (χ0v) is 13.5. The molecule has 2 fully saturated rings. The minimum Gasteiger partial charge on any atom is -0.386 e. The number of methoxy groups -OCH3 is 1. The van der Waals surface area contributed by atoms with Crippen molar-refractivity contribution in [1.82, 2.24) is 10.6 Å². The van der Waals surface area contributed by atoms with Crippen molar-refractivity contribution in [3.05, 3.63) is 35.9 Å². The molecule has 0 aromatic heterocycles. The average Bonchev–Trinajstić information content (AvgIpc) is 2.64. The molecule has 0 spiro atoms. The molecule has 0 aliphatic carbocycles. The summed E-state index contributed by atoms with van der Waals surface area (Å²) >= 11 is 0. The lowest BCUT2D eigenvalue weighted by molar-refractivity contribution is -0.340. The average molecular weight is 338 g/mol. The lowest BCUT2D eigenvalue weighted by atomic mass is 9.95. The molecule has 8 nitrogen and oxygen atoms in total. The van der Waals surface area contributed by atoms with Crippen LogP contribution in [0, 0.1) is 0 Å². The summed E-state index contributed by atoms with van der Waals surface area (Å²) in [7, 11) is 2.94. The second-order valence-corrected chi connectivity index (χ2v) is 5.70. The Bertz CT molecular complexity index is 557. The molecule has 2 heterocycles. The summed E-state index contributed by atoms with van der Waals surface area (Å²) in [6, 6.07) is 8.36. The molecule has 24 heavy (non-hydrogen) atoms. The molecule has 3 rings (SSSR count). The van der Waals surface area contributed by atoms with Crippen LogP contribution in [-0.2, 0) is 18.9 Å². The lowest BCUT2D eigenvalue weighted by Crippen LogP contribution is -2.67. The summed E-state index contributed by atoms with van der Waals surface area (Å²) in [6.45, 7) is 0.267. The van der Waals surface area contributed by atoms with Gasteiger partial charge < -0.3 is 34.7 Å². The molecule has 2 amide bonds. The second kappa shape index (κ2) is 7.45. The molecule has 2 aliphatic heterocycles. The Kier molecular flexibility index (Phi) is 5.32. The smallest absolute Gasteiger partial charge is 0.314 e. The third-order valence-corrected chi connectivity index (χ3v) is 4.20. The fraction of sp³-hybridized carbons (Fsp3) is 0.562. The second-order valence-electron chi connectivity index (χ2n) is 5.70. The fourth-order valence-electron chi connectivity index (χ4n) is 2.97. The number of carbonyl (C=O) groups is 1. The first-order valence-corrected chi connectivity index (χ1v) is 7.80. The van der Waals surface area contributed by atoms with Crippen molar-refractivity contribution in [1.29, 1.82) is 0 Å². The monoisotopic (exact) mass is 338 g/mol. The van der Waals surface area contributed by atoms with Crippen LogP contribution in [0.3, 0.4) is 0 Å². The van der Waals surface area contributed by atoms with Gasteiger partial charge in [-0.05, 0) is 0 Å². The van der Waals surface area contributed by atoms with Crippen LogP contribution in [0.5, 0.6) is 0 Å². The van der Waals surface area contributed by atoms with Crippen LogP contribution < -0.4 is 10.6 Å². The number of fused-ring (bicyclic) bond motifs is 1. The minimum absolute atomic E-state index is 0.267. The molecule has 6 unspecified atom stereocenters. The van der Waals surface area contributed by atoms with Crippen molar-refractivity contribution in [2.24, 2.45) is 0 Å². The van der Waals surface area contributed by atoms with E-state index in [2.05, 4.69) is 10.6 Å². The van der Waals surface area contributed by atoms with Gasteiger partial charge in [-0.15, -0.1) is 0 Å². The lowest BCUT2D eigenvalue weighted by Gasteiger charge is -2.47. The van der Waals surface area contributed by atoms with Crippen LogP contribution in [-0.4, -0.2) is 62.5 Å². The quantitative estimate of drug-likeness (QED) is 0.725. The molecule has 0 saturated carbocycles. The summed E-state index contributed by atoms with van der Waals surface area (Å²) in [4.78, 5) is 11.7. The number of carbonyl (C=O) groups excluding carboxylic acids is 1. The van der Waals surface area contributed by atoms with E-state index in [0.29, 0.717) is 0 Å². The Morgan fingerprint density at radius 2 is 2.04 bits per heavy atom. The van der Waals surface area contributed by atoms with E-state index in [4.69, 9.17) is 18.9 Å². The molecule has 0 radical (unpaired) electrons. The summed E-state index contributed by atoms with van der Waals surface area (Å²) in [5.74, 6) is 0. The van der Waals surface area contributed by atoms with Crippen LogP contribution in [0.25, 0.3) is 0 Å². The summed E-state index contributed by atoms with van der Waals surface area (Å²) in [5.41, 5.74) is 0.859. The Morgan fingerprint density at radius 3 is 2.71 bits per heavy atom. The molecule has 1 aromatic rings. The Hall–Kier alpha value is -1.71. The van der Waals surface area contributed by atoms with Crippen molar-refractivity contribution in [2.75, 3.05) is 20.8 Å². The van der Waals surface area contributed by atoms with E-state index < -0.39 is 43.0 Å². The van der Waals surface area contributed by atoms with E-state index in [-0.39, 0.29) is 6.61 Å². The molecular formula is C16H22N2O6. The molecule has 1 aromatic carbocycles. The number of amides is 2. The Labute approximate surface area is 140 Å². The van der Waals surface area contributed by atoms with Gasteiger partial charge >= 0.3 is 6.03 Å². The van der Waals surface area contributed by atoms with Gasteiger partial charge in [-0.2, -0.15) is 0 Å². The third-order valence-electron chi connectivity index (χ3n) is 4.20. The van der Waals surface area contributed by atoms with Crippen LogP contribution >= 0.6 is 0 Å². The first kappa shape index (κ1) is 17.1. The topological polar surface area (TPSA) is 98.3 Å². The van der Waals surface area contributed by atoms with E-state index in [1.54, 1.807) is 0 Å². The van der Waals surface area contributed by atoms with Crippen molar-refractivity contribution >= 4 is 6.03 Å². The van der Waals surface area contributed by atoms with Gasteiger partial charge in [0, 0.05) is 19.7 Å². The number of aliphatic hydroxyl groups is 1. The van der Waals surface area contributed by atoms with Crippen LogP contribution in [0.1, 0.15) is 11.9 Å². The zero-order valence-electron chi connectivity index (χ0n) is 13.5. The van der Waals surface area contributed by atoms with E-state index >= 15 is 0 Å². The van der Waals surface area contributed by atoms with Crippen LogP contribution in [0.4, 0.5) is 4.79 Å². The largest absolute Gasteiger partial charge is 0.386 e. The first-order valence-electron chi connectivity index (χ1n) is 7.80. The van der Waals surface area contributed by atoms with E-state index in [1.807, 2.05) is 30.3 Å². The van der Waals surface area contributed by atoms with Crippen molar-refractivity contribution < 1.29 is 28.8 Å². The van der Waals surface area contributed by atoms with Crippen molar-refractivity contribution in [3.63, 3.8) is 0 Å². The highest BCUT2D eigenvalue weighted by Gasteiger charge is 2.50. The molecule has 2 aliphatic rings. The normalized spacial score (nSPS) is 35.8. The fourth-order valence-corrected chi connectivity index (χ4v) is 2.97. The summed E-state index contributed by atoms with van der Waals surface area (Å²) in [5, 5.41) is 15.6. The number of ether oxygens (including phenoxy) is 4. The number of rotatable bonds is 3. The van der Waals surface area contributed by atoms with Gasteiger partial charge in [0.15, 0.2) is 12.6 Å². The number of hydrogen-bond acceptors (Lipinski definition) is 6. The standard InChI is InChI=1S/C16H22N2O6/c1-17-16(20)18-11-12(19)15(21-2)23-10-8-22-14(24-13(10)11)9-6-4-3-5-7-9/h3-7,10-15,19H,8H2,1-2H3,(H2,17,18,20). The van der Waals surface area contributed by atoms with Gasteiger partial charge in [0.05, 0.1) is 12.6 Å². The third kappa shape index (κ3) is 3.38. The Morgan fingerprint density at radius 1 is 1.29 bits per heavy atom. The molecule has 2 saturated heterocycles. The highest BCUT2D eigenvalue weighted by molar-refractivity contribution is 5.74. The minimum atomic E-state index is -1.07. The number of hydrogen-bond donors (Lipinski definition) is 3. The zero-order chi connectivity index (χ0) is 17.1. The van der Waals surface area contributed by atoms with Gasteiger partial charge in [0.1, 0.15) is 18.3 Å². The highest BCUT2D eigenvalue weighted by atomic mass is 16.7. The predicted molar refractivity (Wildman–Crippen MR) is 83.1 cm³/mol. The molecular weight excluding hydrogens is 316 g/mol. The maximum absolute atomic E-state index is 11.7. The number of benzene rings is 1. The molecule has 8 heteroatoms. The highest BCUT2D eigenvalue weighted by Crippen LogP contribution is 2.34.